The molecule has 1 aromatic heterocycles. The normalized spacial score (nSPS) is 12.8. The molecule has 1 amide bonds. The molecule has 0 atom stereocenters. The van der Waals surface area contributed by atoms with E-state index in [1.807, 2.05) is 42.5 Å². The number of anilines is 2. The second kappa shape index (κ2) is 8.49. The molecule has 3 aromatic rings. The number of nitrogens with zero attached hydrogens (tertiary/aromatic N) is 2. The predicted octanol–water partition coefficient (Wildman–Crippen LogP) is 3.70. The highest BCUT2D eigenvalue weighted by atomic mass is 16.5. The van der Waals surface area contributed by atoms with E-state index in [4.69, 9.17) is 14.5 Å². The lowest BCUT2D eigenvalue weighted by Crippen LogP contribution is -2.25. The van der Waals surface area contributed by atoms with Gasteiger partial charge in [-0.3, -0.25) is 4.79 Å². The predicted molar refractivity (Wildman–Crippen MR) is 114 cm³/mol. The SMILES string of the molecule is COCCCNC(=O)c1ccc(N2CCc3cc4ccc(OC)cc4nc32)cc1. The summed E-state index contributed by atoms with van der Waals surface area (Å²) in [7, 11) is 3.32. The second-order valence-corrected chi connectivity index (χ2v) is 7.08. The standard InChI is InChI=1S/C23H25N3O3/c1-28-13-3-11-24-23(27)16-4-7-19(8-5-16)26-12-10-18-14-17-6-9-20(29-2)15-21(17)25-22(18)26/h4-9,14-15H,3,10-13H2,1-2H3,(H,24,27). The van der Waals surface area contributed by atoms with Crippen LogP contribution in [0.2, 0.25) is 0 Å². The van der Waals surface area contributed by atoms with Crippen molar-refractivity contribution in [3.05, 3.63) is 59.7 Å². The molecule has 2 aromatic carbocycles. The number of hydrogen-bond acceptors (Lipinski definition) is 5. The van der Waals surface area contributed by atoms with Crippen molar-refractivity contribution in [2.75, 3.05) is 38.8 Å². The van der Waals surface area contributed by atoms with E-state index in [1.54, 1.807) is 14.2 Å². The summed E-state index contributed by atoms with van der Waals surface area (Å²) in [6.07, 6.45) is 1.75. The van der Waals surface area contributed by atoms with Crippen molar-refractivity contribution in [1.82, 2.24) is 10.3 Å². The van der Waals surface area contributed by atoms with Crippen molar-refractivity contribution in [2.24, 2.45) is 0 Å². The lowest BCUT2D eigenvalue weighted by atomic mass is 10.1. The fraction of sp³-hybridized carbons (Fsp3) is 0.304. The van der Waals surface area contributed by atoms with Crippen LogP contribution in [0.15, 0.2) is 48.5 Å². The van der Waals surface area contributed by atoms with Gasteiger partial charge < -0.3 is 19.7 Å². The average Bonchev–Trinajstić information content (AvgIpc) is 3.17. The first-order chi connectivity index (χ1) is 14.2. The molecule has 0 saturated carbocycles. The summed E-state index contributed by atoms with van der Waals surface area (Å²) >= 11 is 0. The maximum atomic E-state index is 12.3. The van der Waals surface area contributed by atoms with Gasteiger partial charge in [-0.25, -0.2) is 4.98 Å². The van der Waals surface area contributed by atoms with E-state index >= 15 is 0 Å². The first-order valence-electron chi connectivity index (χ1n) is 9.82. The molecule has 1 aliphatic rings. The van der Waals surface area contributed by atoms with Crippen molar-refractivity contribution >= 4 is 28.3 Å². The number of amides is 1. The van der Waals surface area contributed by atoms with E-state index < -0.39 is 0 Å². The number of pyridine rings is 1. The van der Waals surface area contributed by atoms with Crippen LogP contribution in [0.4, 0.5) is 11.5 Å². The van der Waals surface area contributed by atoms with Crippen LogP contribution in [0.3, 0.4) is 0 Å². The van der Waals surface area contributed by atoms with Crippen molar-refractivity contribution in [2.45, 2.75) is 12.8 Å². The maximum Gasteiger partial charge on any atom is 0.251 e. The van der Waals surface area contributed by atoms with Gasteiger partial charge in [0.1, 0.15) is 11.6 Å². The molecule has 0 fully saturated rings. The van der Waals surface area contributed by atoms with Crippen LogP contribution in [0, 0.1) is 0 Å². The van der Waals surface area contributed by atoms with Crippen LogP contribution in [-0.2, 0) is 11.2 Å². The van der Waals surface area contributed by atoms with E-state index in [0.717, 1.165) is 47.5 Å². The third kappa shape index (κ3) is 4.03. The van der Waals surface area contributed by atoms with Gasteiger partial charge in [-0.1, -0.05) is 0 Å². The maximum absolute atomic E-state index is 12.3. The highest BCUT2D eigenvalue weighted by Gasteiger charge is 2.23. The van der Waals surface area contributed by atoms with Crippen molar-refractivity contribution < 1.29 is 14.3 Å². The Balaban J connectivity index is 1.53. The van der Waals surface area contributed by atoms with Gasteiger partial charge in [-0.2, -0.15) is 0 Å². The first-order valence-corrected chi connectivity index (χ1v) is 9.82. The summed E-state index contributed by atoms with van der Waals surface area (Å²) < 4.78 is 10.3. The number of aromatic nitrogens is 1. The van der Waals surface area contributed by atoms with Gasteiger partial charge in [0.05, 0.1) is 12.6 Å². The van der Waals surface area contributed by atoms with Crippen LogP contribution >= 0.6 is 0 Å². The Morgan fingerprint density at radius 2 is 1.97 bits per heavy atom. The van der Waals surface area contributed by atoms with E-state index in [0.29, 0.717) is 18.7 Å². The Morgan fingerprint density at radius 1 is 1.14 bits per heavy atom. The molecule has 150 valence electrons. The monoisotopic (exact) mass is 391 g/mol. The van der Waals surface area contributed by atoms with Gasteiger partial charge in [0.2, 0.25) is 0 Å². The number of fused-ring (bicyclic) bond motifs is 2. The van der Waals surface area contributed by atoms with Gasteiger partial charge in [0.25, 0.3) is 5.91 Å². The number of rotatable bonds is 7. The summed E-state index contributed by atoms with van der Waals surface area (Å²) in [4.78, 5) is 19.4. The number of ether oxygens (including phenoxy) is 2. The molecule has 0 radical (unpaired) electrons. The summed E-state index contributed by atoms with van der Waals surface area (Å²) in [5.74, 6) is 1.71. The van der Waals surface area contributed by atoms with Crippen molar-refractivity contribution in [3.63, 3.8) is 0 Å². The Bertz CT molecular complexity index is 1020. The van der Waals surface area contributed by atoms with Crippen LogP contribution < -0.4 is 15.0 Å². The molecular formula is C23H25N3O3. The van der Waals surface area contributed by atoms with Gasteiger partial charge >= 0.3 is 0 Å². The molecule has 0 saturated heterocycles. The Labute approximate surface area is 170 Å². The molecule has 4 rings (SSSR count). The third-order valence-corrected chi connectivity index (χ3v) is 5.19. The minimum Gasteiger partial charge on any atom is -0.497 e. The lowest BCUT2D eigenvalue weighted by molar-refractivity contribution is 0.0948. The topological polar surface area (TPSA) is 63.7 Å². The summed E-state index contributed by atoms with van der Waals surface area (Å²) in [6.45, 7) is 2.12. The zero-order chi connectivity index (χ0) is 20.2. The lowest BCUT2D eigenvalue weighted by Gasteiger charge is -2.19. The van der Waals surface area contributed by atoms with E-state index in [1.165, 1.54) is 5.56 Å². The number of carbonyl (C=O) groups is 1. The summed E-state index contributed by atoms with van der Waals surface area (Å²) in [5.41, 5.74) is 3.85. The summed E-state index contributed by atoms with van der Waals surface area (Å²) in [6, 6.07) is 15.9. The van der Waals surface area contributed by atoms with E-state index in [-0.39, 0.29) is 5.91 Å². The summed E-state index contributed by atoms with van der Waals surface area (Å²) in [5, 5.41) is 4.03. The molecule has 0 bridgehead atoms. The number of hydrogen-bond donors (Lipinski definition) is 1. The van der Waals surface area contributed by atoms with Crippen LogP contribution in [0.1, 0.15) is 22.3 Å². The quantitative estimate of drug-likeness (QED) is 0.622. The molecule has 1 aliphatic heterocycles. The Morgan fingerprint density at radius 3 is 2.72 bits per heavy atom. The molecule has 6 nitrogen and oxygen atoms in total. The number of methoxy groups -OCH3 is 2. The van der Waals surface area contributed by atoms with Gasteiger partial charge in [0.15, 0.2) is 0 Å². The minimum atomic E-state index is -0.0642. The van der Waals surface area contributed by atoms with E-state index in [2.05, 4.69) is 16.3 Å². The molecule has 29 heavy (non-hydrogen) atoms. The number of carbonyl (C=O) groups excluding carboxylic acids is 1. The van der Waals surface area contributed by atoms with Crippen molar-refractivity contribution in [1.29, 1.82) is 0 Å². The second-order valence-electron chi connectivity index (χ2n) is 7.08. The fourth-order valence-corrected chi connectivity index (χ4v) is 3.63. The van der Waals surface area contributed by atoms with E-state index in [9.17, 15) is 4.79 Å². The van der Waals surface area contributed by atoms with Gasteiger partial charge in [0, 0.05) is 49.5 Å². The molecule has 0 unspecified atom stereocenters. The smallest absolute Gasteiger partial charge is 0.251 e. The average molecular weight is 391 g/mol. The molecular weight excluding hydrogens is 366 g/mol. The molecule has 1 N–H and O–H groups in total. The van der Waals surface area contributed by atoms with Crippen molar-refractivity contribution in [3.8, 4) is 5.75 Å². The molecule has 2 heterocycles. The molecule has 6 heteroatoms. The van der Waals surface area contributed by atoms with Crippen LogP contribution in [0.25, 0.3) is 10.9 Å². The zero-order valence-corrected chi connectivity index (χ0v) is 16.8. The minimum absolute atomic E-state index is 0.0642. The number of nitrogens with one attached hydrogen (secondary N) is 1. The highest BCUT2D eigenvalue weighted by Crippen LogP contribution is 2.35. The Hall–Kier alpha value is -3.12. The number of benzene rings is 2. The fourth-order valence-electron chi connectivity index (χ4n) is 3.63. The van der Waals surface area contributed by atoms with Gasteiger partial charge in [-0.15, -0.1) is 0 Å². The third-order valence-electron chi connectivity index (χ3n) is 5.19. The van der Waals surface area contributed by atoms with Crippen LogP contribution in [-0.4, -0.2) is 44.8 Å². The van der Waals surface area contributed by atoms with Gasteiger partial charge in [-0.05, 0) is 60.9 Å². The first kappa shape index (κ1) is 19.2. The highest BCUT2D eigenvalue weighted by molar-refractivity contribution is 5.94. The largest absolute Gasteiger partial charge is 0.497 e. The zero-order valence-electron chi connectivity index (χ0n) is 16.8. The molecule has 0 aliphatic carbocycles. The molecule has 0 spiro atoms. The Kier molecular flexibility index (Phi) is 5.62. The van der Waals surface area contributed by atoms with Crippen LogP contribution in [0.5, 0.6) is 5.75 Å².